The number of aromatic nitrogens is 1. The van der Waals surface area contributed by atoms with Crippen molar-refractivity contribution in [2.24, 2.45) is 0 Å². The van der Waals surface area contributed by atoms with Gasteiger partial charge in [-0.3, -0.25) is 9.78 Å². The van der Waals surface area contributed by atoms with Crippen molar-refractivity contribution in [1.82, 2.24) is 10.3 Å². The molecule has 2 rings (SSSR count). The Labute approximate surface area is 120 Å². The Hall–Kier alpha value is -0.840. The van der Waals surface area contributed by atoms with Gasteiger partial charge in [0, 0.05) is 18.7 Å². The van der Waals surface area contributed by atoms with Crippen molar-refractivity contribution >= 4 is 36.4 Å². The number of nitrogens with zero attached hydrogens (tertiary/aromatic N) is 1. The summed E-state index contributed by atoms with van der Waals surface area (Å²) in [5, 5.41) is 6.18. The minimum Gasteiger partial charge on any atom is -0.325 e. The fourth-order valence-electron chi connectivity index (χ4n) is 1.99. The van der Waals surface area contributed by atoms with Crippen LogP contribution in [0.15, 0.2) is 18.5 Å². The van der Waals surface area contributed by atoms with Gasteiger partial charge in [-0.2, -0.15) is 0 Å². The summed E-state index contributed by atoms with van der Waals surface area (Å²) in [4.78, 5) is 15.7. The van der Waals surface area contributed by atoms with Gasteiger partial charge in [0.1, 0.15) is 0 Å². The molecule has 0 spiro atoms. The number of pyridine rings is 1. The van der Waals surface area contributed by atoms with Crippen molar-refractivity contribution < 1.29 is 4.79 Å². The normalized spacial score (nSPS) is 17.5. The SMILES string of the molecule is Cc1cncc(NC(=O)CC2CCCN2)c1.Cl.Cl. The van der Waals surface area contributed by atoms with E-state index in [4.69, 9.17) is 0 Å². The largest absolute Gasteiger partial charge is 0.325 e. The zero-order valence-corrected chi connectivity index (χ0v) is 11.9. The predicted octanol–water partition coefficient (Wildman–Crippen LogP) is 2.31. The molecule has 102 valence electrons. The van der Waals surface area contributed by atoms with Gasteiger partial charge in [-0.05, 0) is 37.9 Å². The summed E-state index contributed by atoms with van der Waals surface area (Å²) in [5.74, 6) is 0.0619. The van der Waals surface area contributed by atoms with Gasteiger partial charge in [-0.25, -0.2) is 0 Å². The molecule has 1 unspecified atom stereocenters. The Bertz CT molecular complexity index is 381. The van der Waals surface area contributed by atoms with Gasteiger partial charge in [0.2, 0.25) is 5.91 Å². The van der Waals surface area contributed by atoms with E-state index in [1.165, 1.54) is 6.42 Å². The van der Waals surface area contributed by atoms with Gasteiger partial charge >= 0.3 is 0 Å². The van der Waals surface area contributed by atoms with Gasteiger partial charge in [0.25, 0.3) is 0 Å². The van der Waals surface area contributed by atoms with E-state index in [2.05, 4.69) is 15.6 Å². The van der Waals surface area contributed by atoms with Gasteiger partial charge in [0.15, 0.2) is 0 Å². The Morgan fingerprint density at radius 3 is 2.89 bits per heavy atom. The maximum Gasteiger partial charge on any atom is 0.225 e. The van der Waals surface area contributed by atoms with Gasteiger partial charge in [-0.15, -0.1) is 24.8 Å². The van der Waals surface area contributed by atoms with Crippen LogP contribution in [-0.4, -0.2) is 23.5 Å². The highest BCUT2D eigenvalue weighted by Gasteiger charge is 2.17. The maximum absolute atomic E-state index is 11.7. The van der Waals surface area contributed by atoms with Crippen molar-refractivity contribution in [2.45, 2.75) is 32.2 Å². The van der Waals surface area contributed by atoms with Crippen LogP contribution in [0.2, 0.25) is 0 Å². The molecule has 1 fully saturated rings. The number of amides is 1. The van der Waals surface area contributed by atoms with Crippen molar-refractivity contribution in [3.8, 4) is 0 Å². The van der Waals surface area contributed by atoms with Crippen LogP contribution in [0.4, 0.5) is 5.69 Å². The van der Waals surface area contributed by atoms with Crippen LogP contribution in [0.5, 0.6) is 0 Å². The number of nitrogens with one attached hydrogen (secondary N) is 2. The molecule has 0 radical (unpaired) electrons. The molecule has 2 N–H and O–H groups in total. The number of carbonyl (C=O) groups excluding carboxylic acids is 1. The summed E-state index contributed by atoms with van der Waals surface area (Å²) in [6.07, 6.45) is 6.26. The molecular formula is C12H19Cl2N3O. The van der Waals surface area contributed by atoms with E-state index >= 15 is 0 Å². The minimum atomic E-state index is 0. The molecule has 0 aliphatic carbocycles. The second kappa shape index (κ2) is 8.29. The highest BCUT2D eigenvalue weighted by atomic mass is 35.5. The van der Waals surface area contributed by atoms with Crippen LogP contribution in [0.25, 0.3) is 0 Å². The van der Waals surface area contributed by atoms with Crippen molar-refractivity contribution in [3.05, 3.63) is 24.0 Å². The molecule has 1 atom stereocenters. The summed E-state index contributed by atoms with van der Waals surface area (Å²) < 4.78 is 0. The number of aryl methyl sites for hydroxylation is 1. The van der Waals surface area contributed by atoms with Crippen molar-refractivity contribution in [2.75, 3.05) is 11.9 Å². The number of hydrogen-bond donors (Lipinski definition) is 2. The summed E-state index contributed by atoms with van der Waals surface area (Å²) in [5.41, 5.74) is 1.83. The number of hydrogen-bond acceptors (Lipinski definition) is 3. The lowest BCUT2D eigenvalue weighted by Crippen LogP contribution is -2.27. The third-order valence-corrected chi connectivity index (χ3v) is 2.75. The van der Waals surface area contributed by atoms with E-state index in [9.17, 15) is 4.79 Å². The number of halogens is 2. The van der Waals surface area contributed by atoms with Crippen molar-refractivity contribution in [1.29, 1.82) is 0 Å². The molecule has 1 aromatic rings. The van der Waals surface area contributed by atoms with E-state index in [1.807, 2.05) is 13.0 Å². The third kappa shape index (κ3) is 5.21. The second-order valence-corrected chi connectivity index (χ2v) is 4.30. The number of anilines is 1. The van der Waals surface area contributed by atoms with E-state index in [0.717, 1.165) is 24.2 Å². The first kappa shape index (κ1) is 17.2. The molecule has 18 heavy (non-hydrogen) atoms. The number of carbonyl (C=O) groups is 1. The quantitative estimate of drug-likeness (QED) is 0.899. The molecule has 1 aromatic heterocycles. The lowest BCUT2D eigenvalue weighted by molar-refractivity contribution is -0.116. The minimum absolute atomic E-state index is 0. The van der Waals surface area contributed by atoms with Crippen LogP contribution >= 0.6 is 24.8 Å². The zero-order chi connectivity index (χ0) is 11.4. The molecular weight excluding hydrogens is 273 g/mol. The average Bonchev–Trinajstić information content (AvgIpc) is 2.70. The maximum atomic E-state index is 11.7. The Balaban J connectivity index is 0.00000144. The van der Waals surface area contributed by atoms with E-state index in [1.54, 1.807) is 12.4 Å². The van der Waals surface area contributed by atoms with Crippen LogP contribution in [0.3, 0.4) is 0 Å². The van der Waals surface area contributed by atoms with Crippen LogP contribution in [-0.2, 0) is 4.79 Å². The summed E-state index contributed by atoms with van der Waals surface area (Å²) in [7, 11) is 0. The molecule has 4 nitrogen and oxygen atoms in total. The summed E-state index contributed by atoms with van der Waals surface area (Å²) in [6, 6.07) is 2.27. The lowest BCUT2D eigenvalue weighted by atomic mass is 10.1. The smallest absolute Gasteiger partial charge is 0.225 e. The molecule has 1 aliphatic heterocycles. The second-order valence-electron chi connectivity index (χ2n) is 4.30. The molecule has 0 aromatic carbocycles. The van der Waals surface area contributed by atoms with Crippen LogP contribution in [0.1, 0.15) is 24.8 Å². The van der Waals surface area contributed by atoms with E-state index < -0.39 is 0 Å². The highest BCUT2D eigenvalue weighted by Crippen LogP contribution is 2.11. The van der Waals surface area contributed by atoms with E-state index in [0.29, 0.717) is 12.5 Å². The van der Waals surface area contributed by atoms with Gasteiger partial charge in [-0.1, -0.05) is 0 Å². The zero-order valence-electron chi connectivity index (χ0n) is 10.3. The first-order valence-electron chi connectivity index (χ1n) is 5.69. The third-order valence-electron chi connectivity index (χ3n) is 2.75. The van der Waals surface area contributed by atoms with Gasteiger partial charge in [0.05, 0.1) is 11.9 Å². The molecule has 1 saturated heterocycles. The van der Waals surface area contributed by atoms with Gasteiger partial charge < -0.3 is 10.6 Å². The Morgan fingerprint density at radius 1 is 1.50 bits per heavy atom. The molecule has 1 amide bonds. The topological polar surface area (TPSA) is 54.0 Å². The summed E-state index contributed by atoms with van der Waals surface area (Å²) >= 11 is 0. The molecule has 0 saturated carbocycles. The van der Waals surface area contributed by atoms with Crippen LogP contribution in [0, 0.1) is 6.92 Å². The van der Waals surface area contributed by atoms with Crippen LogP contribution < -0.4 is 10.6 Å². The summed E-state index contributed by atoms with van der Waals surface area (Å²) in [6.45, 7) is 2.99. The standard InChI is InChI=1S/C12H17N3O.2ClH/c1-9-5-11(8-13-7-9)15-12(16)6-10-3-2-4-14-10;;/h5,7-8,10,14H,2-4,6H2,1H3,(H,15,16);2*1H. The molecule has 0 bridgehead atoms. The monoisotopic (exact) mass is 291 g/mol. The first-order valence-corrected chi connectivity index (χ1v) is 5.69. The van der Waals surface area contributed by atoms with E-state index in [-0.39, 0.29) is 30.7 Å². The fourth-order valence-corrected chi connectivity index (χ4v) is 1.99. The Morgan fingerprint density at radius 2 is 2.28 bits per heavy atom. The first-order chi connectivity index (χ1) is 7.74. The molecule has 2 heterocycles. The van der Waals surface area contributed by atoms with Crippen molar-refractivity contribution in [3.63, 3.8) is 0 Å². The predicted molar refractivity (Wildman–Crippen MR) is 77.7 cm³/mol. The Kier molecular flexibility index (Phi) is 7.91. The molecule has 1 aliphatic rings. The fraction of sp³-hybridized carbons (Fsp3) is 0.500. The lowest BCUT2D eigenvalue weighted by Gasteiger charge is -2.10. The average molecular weight is 292 g/mol. The highest BCUT2D eigenvalue weighted by molar-refractivity contribution is 5.91. The number of rotatable bonds is 3. The molecule has 6 heteroatoms.